The Morgan fingerprint density at radius 1 is 1.45 bits per heavy atom. The zero-order valence-electron chi connectivity index (χ0n) is 12.9. The van der Waals surface area contributed by atoms with Crippen molar-refractivity contribution in [2.24, 2.45) is 0 Å². The van der Waals surface area contributed by atoms with Crippen molar-refractivity contribution < 1.29 is 4.74 Å². The van der Waals surface area contributed by atoms with E-state index in [1.165, 1.54) is 19.3 Å². The fraction of sp³-hybridized carbons (Fsp3) is 0.867. The summed E-state index contributed by atoms with van der Waals surface area (Å²) in [6, 6.07) is 0.458. The van der Waals surface area contributed by atoms with Crippen molar-refractivity contribution in [3.8, 4) is 0 Å². The maximum atomic E-state index is 5.98. The lowest BCUT2D eigenvalue weighted by Gasteiger charge is -2.47. The first kappa shape index (κ1) is 14.0. The summed E-state index contributed by atoms with van der Waals surface area (Å²) in [7, 11) is 0. The first-order chi connectivity index (χ1) is 9.46. The molecule has 1 unspecified atom stereocenters. The first-order valence-corrected chi connectivity index (χ1v) is 7.75. The molecule has 0 bridgehead atoms. The van der Waals surface area contributed by atoms with E-state index in [-0.39, 0.29) is 11.1 Å². The van der Waals surface area contributed by atoms with Crippen molar-refractivity contribution in [3.05, 3.63) is 12.2 Å². The van der Waals surface area contributed by atoms with E-state index < -0.39 is 0 Å². The fourth-order valence-corrected chi connectivity index (χ4v) is 3.06. The Balaban J connectivity index is 1.61. The van der Waals surface area contributed by atoms with E-state index in [9.17, 15) is 0 Å². The number of nitrogens with zero attached hydrogens (tertiary/aromatic N) is 3. The third-order valence-electron chi connectivity index (χ3n) is 4.44. The van der Waals surface area contributed by atoms with E-state index in [0.717, 1.165) is 31.8 Å². The van der Waals surface area contributed by atoms with Gasteiger partial charge in [-0.25, -0.2) is 9.67 Å². The normalized spacial score (nSPS) is 25.6. The molecule has 1 atom stereocenters. The second-order valence-corrected chi connectivity index (χ2v) is 7.28. The Bertz CT molecular complexity index is 459. The smallest absolute Gasteiger partial charge is 0.164 e. The van der Waals surface area contributed by atoms with E-state index in [0.29, 0.717) is 6.04 Å². The summed E-state index contributed by atoms with van der Waals surface area (Å²) in [4.78, 5) is 4.43. The number of aromatic nitrogens is 3. The molecule has 20 heavy (non-hydrogen) atoms. The summed E-state index contributed by atoms with van der Waals surface area (Å²) in [5.41, 5.74) is 0.263. The monoisotopic (exact) mass is 278 g/mol. The largest absolute Gasteiger partial charge is 0.375 e. The topological polar surface area (TPSA) is 52.0 Å². The van der Waals surface area contributed by atoms with Crippen LogP contribution in [0.2, 0.25) is 0 Å². The van der Waals surface area contributed by atoms with Gasteiger partial charge in [-0.1, -0.05) is 0 Å². The van der Waals surface area contributed by atoms with Crippen molar-refractivity contribution in [2.75, 3.05) is 6.61 Å². The van der Waals surface area contributed by atoms with Crippen molar-refractivity contribution >= 4 is 0 Å². The minimum absolute atomic E-state index is 0.0973. The summed E-state index contributed by atoms with van der Waals surface area (Å²) >= 11 is 0. The number of hydrogen-bond donors (Lipinski definition) is 1. The van der Waals surface area contributed by atoms with Crippen molar-refractivity contribution in [1.29, 1.82) is 0 Å². The van der Waals surface area contributed by atoms with E-state index in [1.807, 2.05) is 6.33 Å². The predicted molar refractivity (Wildman–Crippen MR) is 77.4 cm³/mol. The molecular weight excluding hydrogens is 252 g/mol. The van der Waals surface area contributed by atoms with E-state index >= 15 is 0 Å². The van der Waals surface area contributed by atoms with Gasteiger partial charge in [0.05, 0.1) is 18.2 Å². The molecule has 1 saturated carbocycles. The van der Waals surface area contributed by atoms with E-state index in [4.69, 9.17) is 4.74 Å². The lowest BCUT2D eigenvalue weighted by Crippen LogP contribution is -2.46. The molecule has 0 radical (unpaired) electrons. The molecule has 112 valence electrons. The molecule has 1 aliphatic carbocycles. The number of rotatable bonds is 3. The summed E-state index contributed by atoms with van der Waals surface area (Å²) in [6.45, 7) is 8.05. The van der Waals surface area contributed by atoms with Crippen LogP contribution in [0, 0.1) is 0 Å². The minimum atomic E-state index is 0.0973. The van der Waals surface area contributed by atoms with Crippen LogP contribution < -0.4 is 5.32 Å². The number of hydrogen-bond acceptors (Lipinski definition) is 4. The lowest BCUT2D eigenvalue weighted by atomic mass is 9.74. The first-order valence-electron chi connectivity index (χ1n) is 7.75. The quantitative estimate of drug-likeness (QED) is 0.922. The molecule has 2 fully saturated rings. The average Bonchev–Trinajstić information content (AvgIpc) is 2.83. The average molecular weight is 278 g/mol. The molecule has 1 spiro atoms. The molecule has 5 heteroatoms. The molecule has 5 nitrogen and oxygen atoms in total. The molecule has 1 N–H and O–H groups in total. The van der Waals surface area contributed by atoms with Gasteiger partial charge in [0.1, 0.15) is 6.33 Å². The molecule has 1 saturated heterocycles. The van der Waals surface area contributed by atoms with Gasteiger partial charge in [0.2, 0.25) is 0 Å². The summed E-state index contributed by atoms with van der Waals surface area (Å²) in [5, 5.41) is 8.08. The standard InChI is InChI=1S/C15H26N4O/c1-14(2,3)17-10-13-16-11-19(18-13)12-5-8-20-15(9-12)6-4-7-15/h11-12,17H,4-10H2,1-3H3. The maximum absolute atomic E-state index is 5.98. The summed E-state index contributed by atoms with van der Waals surface area (Å²) < 4.78 is 8.04. The Hall–Kier alpha value is -0.940. The van der Waals surface area contributed by atoms with Crippen LogP contribution in [0.25, 0.3) is 0 Å². The van der Waals surface area contributed by atoms with E-state index in [1.54, 1.807) is 0 Å². The van der Waals surface area contributed by atoms with Crippen LogP contribution in [-0.2, 0) is 11.3 Å². The summed E-state index contributed by atoms with van der Waals surface area (Å²) in [6.07, 6.45) is 7.79. The van der Waals surface area contributed by atoms with Crippen molar-refractivity contribution in [1.82, 2.24) is 20.1 Å². The Labute approximate surface area is 121 Å². The summed E-state index contributed by atoms with van der Waals surface area (Å²) in [5.74, 6) is 0.883. The third kappa shape index (κ3) is 3.04. The molecule has 1 aromatic rings. The van der Waals surface area contributed by atoms with Crippen molar-refractivity contribution in [3.63, 3.8) is 0 Å². The molecule has 3 rings (SSSR count). The zero-order valence-corrected chi connectivity index (χ0v) is 12.9. The number of ether oxygens (including phenoxy) is 1. The molecule has 0 aromatic carbocycles. The van der Waals surface area contributed by atoms with Gasteiger partial charge in [-0.05, 0) is 52.9 Å². The molecule has 2 aliphatic rings. The zero-order chi connectivity index (χ0) is 14.2. The van der Waals surface area contributed by atoms with Crippen LogP contribution in [0.1, 0.15) is 64.7 Å². The minimum Gasteiger partial charge on any atom is -0.375 e. The van der Waals surface area contributed by atoms with Crippen LogP contribution in [0.5, 0.6) is 0 Å². The van der Waals surface area contributed by atoms with Crippen LogP contribution >= 0.6 is 0 Å². The highest BCUT2D eigenvalue weighted by Crippen LogP contribution is 2.45. The molecular formula is C15H26N4O. The van der Waals surface area contributed by atoms with Gasteiger partial charge < -0.3 is 10.1 Å². The third-order valence-corrected chi connectivity index (χ3v) is 4.44. The second kappa shape index (κ2) is 5.11. The molecule has 2 heterocycles. The highest BCUT2D eigenvalue weighted by Gasteiger charge is 2.43. The van der Waals surface area contributed by atoms with Crippen LogP contribution in [0.3, 0.4) is 0 Å². The van der Waals surface area contributed by atoms with Gasteiger partial charge in [-0.15, -0.1) is 0 Å². The Kier molecular flexibility index (Phi) is 3.58. The second-order valence-electron chi connectivity index (χ2n) is 7.28. The van der Waals surface area contributed by atoms with Crippen LogP contribution in [-0.4, -0.2) is 32.5 Å². The number of nitrogens with one attached hydrogen (secondary N) is 1. The van der Waals surface area contributed by atoms with E-state index in [2.05, 4.69) is 40.9 Å². The molecule has 1 aliphatic heterocycles. The van der Waals surface area contributed by atoms with Crippen LogP contribution in [0.15, 0.2) is 6.33 Å². The predicted octanol–water partition coefficient (Wildman–Crippen LogP) is 2.44. The van der Waals surface area contributed by atoms with Gasteiger partial charge in [-0.3, -0.25) is 0 Å². The Morgan fingerprint density at radius 3 is 2.90 bits per heavy atom. The highest BCUT2D eigenvalue weighted by molar-refractivity contribution is 4.96. The lowest BCUT2D eigenvalue weighted by molar-refractivity contribution is -0.141. The highest BCUT2D eigenvalue weighted by atomic mass is 16.5. The molecule has 1 aromatic heterocycles. The maximum Gasteiger partial charge on any atom is 0.164 e. The Morgan fingerprint density at radius 2 is 2.25 bits per heavy atom. The van der Waals surface area contributed by atoms with Crippen molar-refractivity contribution in [2.45, 2.75) is 76.6 Å². The van der Waals surface area contributed by atoms with Gasteiger partial charge in [0, 0.05) is 12.1 Å². The fourth-order valence-electron chi connectivity index (χ4n) is 3.06. The van der Waals surface area contributed by atoms with Crippen LogP contribution in [0.4, 0.5) is 0 Å². The SMILES string of the molecule is CC(C)(C)NCc1ncn(C2CCOC3(CCC3)C2)n1. The van der Waals surface area contributed by atoms with Gasteiger partial charge >= 0.3 is 0 Å². The molecule has 0 amide bonds. The van der Waals surface area contributed by atoms with Gasteiger partial charge in [0.15, 0.2) is 5.82 Å². The van der Waals surface area contributed by atoms with Gasteiger partial charge in [0.25, 0.3) is 0 Å². The van der Waals surface area contributed by atoms with Gasteiger partial charge in [-0.2, -0.15) is 5.10 Å².